The van der Waals surface area contributed by atoms with Gasteiger partial charge in [0.25, 0.3) is 0 Å². The molecule has 0 N–H and O–H groups in total. The fourth-order valence-corrected chi connectivity index (χ4v) is 3.75. The van der Waals surface area contributed by atoms with Gasteiger partial charge in [0.1, 0.15) is 0 Å². The topological polar surface area (TPSA) is 34.1 Å². The molecular formula is C13H9ClO2S. The van der Waals surface area contributed by atoms with E-state index in [1.807, 2.05) is 0 Å². The molecule has 2 nitrogen and oxygen atoms in total. The van der Waals surface area contributed by atoms with E-state index in [-0.39, 0.29) is 16.9 Å². The number of hydrogen-bond donors (Lipinski definition) is 0. The van der Waals surface area contributed by atoms with Gasteiger partial charge in [-0.25, -0.2) is 0 Å². The summed E-state index contributed by atoms with van der Waals surface area (Å²) in [5.74, 6) is 1.18. The average Bonchev–Trinajstić information content (AvgIpc) is 2.36. The monoisotopic (exact) mass is 264 g/mol. The molecule has 1 aliphatic carbocycles. The van der Waals surface area contributed by atoms with Gasteiger partial charge in [-0.3, -0.25) is 9.59 Å². The summed E-state index contributed by atoms with van der Waals surface area (Å²) in [5.41, 5.74) is 2.13. The van der Waals surface area contributed by atoms with Crippen LogP contribution >= 0.6 is 23.4 Å². The highest BCUT2D eigenvalue weighted by Crippen LogP contribution is 2.36. The molecule has 1 aliphatic heterocycles. The van der Waals surface area contributed by atoms with Crippen LogP contribution in [-0.2, 0) is 0 Å². The van der Waals surface area contributed by atoms with Crippen LogP contribution in [0.3, 0.4) is 0 Å². The minimum atomic E-state index is -0.339. The predicted octanol–water partition coefficient (Wildman–Crippen LogP) is 2.72. The molecule has 0 saturated carbocycles. The first-order valence-corrected chi connectivity index (χ1v) is 6.92. The predicted molar refractivity (Wildman–Crippen MR) is 69.1 cm³/mol. The van der Waals surface area contributed by atoms with Crippen LogP contribution in [0.5, 0.6) is 0 Å². The molecule has 0 saturated heterocycles. The van der Waals surface area contributed by atoms with Crippen molar-refractivity contribution in [3.63, 3.8) is 0 Å². The quantitative estimate of drug-likeness (QED) is 0.676. The lowest BCUT2D eigenvalue weighted by atomic mass is 9.83. The van der Waals surface area contributed by atoms with E-state index in [9.17, 15) is 9.59 Å². The smallest absolute Gasteiger partial charge is 0.191 e. The molecule has 0 spiro atoms. The highest BCUT2D eigenvalue weighted by atomic mass is 35.5. The highest BCUT2D eigenvalue weighted by Gasteiger charge is 2.37. The van der Waals surface area contributed by atoms with E-state index >= 15 is 0 Å². The summed E-state index contributed by atoms with van der Waals surface area (Å²) in [6.07, 6.45) is 0. The number of halogens is 1. The number of thioether (sulfide) groups is 1. The lowest BCUT2D eigenvalue weighted by Crippen LogP contribution is -2.31. The summed E-state index contributed by atoms with van der Waals surface area (Å²) >= 11 is 7.77. The number of rotatable bonds is 0. The summed E-state index contributed by atoms with van der Waals surface area (Å²) in [4.78, 5) is 24.6. The van der Waals surface area contributed by atoms with Gasteiger partial charge in [0.05, 0.1) is 5.38 Å². The van der Waals surface area contributed by atoms with E-state index in [1.54, 1.807) is 36.0 Å². The van der Waals surface area contributed by atoms with Gasteiger partial charge in [-0.1, -0.05) is 24.3 Å². The second kappa shape index (κ2) is 4.00. The summed E-state index contributed by atoms with van der Waals surface area (Å²) in [5, 5.41) is -0.339. The SMILES string of the molecule is O=C1C2=C(C(=O)c3ccccc31)C(Cl)CSC2. The number of carbonyl (C=O) groups is 2. The summed E-state index contributed by atoms with van der Waals surface area (Å²) in [6.45, 7) is 0. The third-order valence-corrected chi connectivity index (χ3v) is 4.70. The number of ketones is 2. The minimum Gasteiger partial charge on any atom is -0.289 e. The second-order valence-electron chi connectivity index (χ2n) is 4.08. The van der Waals surface area contributed by atoms with E-state index in [2.05, 4.69) is 0 Å². The zero-order valence-electron chi connectivity index (χ0n) is 8.90. The maximum absolute atomic E-state index is 12.3. The van der Waals surface area contributed by atoms with Gasteiger partial charge in [0.15, 0.2) is 11.6 Å². The van der Waals surface area contributed by atoms with E-state index in [0.29, 0.717) is 33.8 Å². The van der Waals surface area contributed by atoms with Crippen molar-refractivity contribution in [3.05, 3.63) is 46.5 Å². The van der Waals surface area contributed by atoms with Crippen LogP contribution in [0.2, 0.25) is 0 Å². The first kappa shape index (κ1) is 11.1. The zero-order chi connectivity index (χ0) is 12.0. The van der Waals surface area contributed by atoms with Gasteiger partial charge in [-0.2, -0.15) is 11.8 Å². The molecule has 3 rings (SSSR count). The molecule has 4 heteroatoms. The Bertz CT molecular complexity index is 562. The van der Waals surface area contributed by atoms with Crippen LogP contribution in [0, 0.1) is 0 Å². The third kappa shape index (κ3) is 1.57. The third-order valence-electron chi connectivity index (χ3n) is 3.08. The van der Waals surface area contributed by atoms with Crippen LogP contribution in [0.25, 0.3) is 0 Å². The molecule has 1 heterocycles. The number of Topliss-reactive ketones (excluding diaryl/α,β-unsaturated/α-hetero) is 2. The molecular weight excluding hydrogens is 256 g/mol. The van der Waals surface area contributed by atoms with Gasteiger partial charge in [-0.05, 0) is 0 Å². The van der Waals surface area contributed by atoms with Gasteiger partial charge < -0.3 is 0 Å². The molecule has 0 aromatic heterocycles. The molecule has 1 aromatic rings. The normalized spacial score (nSPS) is 23.5. The molecule has 0 amide bonds. The van der Waals surface area contributed by atoms with Crippen LogP contribution in [0.4, 0.5) is 0 Å². The summed E-state index contributed by atoms with van der Waals surface area (Å²) in [6, 6.07) is 6.96. The molecule has 0 radical (unpaired) electrons. The Morgan fingerprint density at radius 3 is 2.47 bits per heavy atom. The number of carbonyl (C=O) groups excluding carboxylic acids is 2. The average molecular weight is 265 g/mol. The largest absolute Gasteiger partial charge is 0.289 e. The maximum Gasteiger partial charge on any atom is 0.191 e. The van der Waals surface area contributed by atoms with Crippen molar-refractivity contribution >= 4 is 34.9 Å². The van der Waals surface area contributed by atoms with Crippen LogP contribution in [0.15, 0.2) is 35.4 Å². The van der Waals surface area contributed by atoms with Gasteiger partial charge in [-0.15, -0.1) is 11.6 Å². The number of fused-ring (bicyclic) bond motifs is 1. The highest BCUT2D eigenvalue weighted by molar-refractivity contribution is 7.99. The molecule has 1 aromatic carbocycles. The molecule has 86 valence electrons. The molecule has 17 heavy (non-hydrogen) atoms. The van der Waals surface area contributed by atoms with E-state index in [1.165, 1.54) is 0 Å². The second-order valence-corrected chi connectivity index (χ2v) is 5.64. The van der Waals surface area contributed by atoms with Crippen LogP contribution in [-0.4, -0.2) is 28.4 Å². The number of hydrogen-bond acceptors (Lipinski definition) is 3. The molecule has 1 atom stereocenters. The van der Waals surface area contributed by atoms with E-state index in [4.69, 9.17) is 11.6 Å². The van der Waals surface area contributed by atoms with Crippen molar-refractivity contribution in [2.45, 2.75) is 5.38 Å². The standard InChI is InChI=1S/C13H9ClO2S/c14-10-6-17-5-9-11(10)13(16)8-4-2-1-3-7(8)12(9)15/h1-4,10H,5-6H2. The molecule has 2 aliphatic rings. The van der Waals surface area contributed by atoms with Crippen molar-refractivity contribution < 1.29 is 9.59 Å². The Kier molecular flexibility index (Phi) is 2.60. The van der Waals surface area contributed by atoms with E-state index < -0.39 is 0 Å². The van der Waals surface area contributed by atoms with Crippen LogP contribution in [0.1, 0.15) is 20.7 Å². The summed E-state index contributed by atoms with van der Waals surface area (Å²) < 4.78 is 0. The van der Waals surface area contributed by atoms with Crippen molar-refractivity contribution in [1.82, 2.24) is 0 Å². The van der Waals surface area contributed by atoms with Crippen molar-refractivity contribution in [2.24, 2.45) is 0 Å². The Balaban J connectivity index is 2.23. The Hall–Kier alpha value is -1.06. The first-order valence-electron chi connectivity index (χ1n) is 5.33. The van der Waals surface area contributed by atoms with Crippen LogP contribution < -0.4 is 0 Å². The van der Waals surface area contributed by atoms with E-state index in [0.717, 1.165) is 0 Å². The molecule has 0 bridgehead atoms. The first-order chi connectivity index (χ1) is 8.20. The maximum atomic E-state index is 12.3. The van der Waals surface area contributed by atoms with Crippen molar-refractivity contribution in [1.29, 1.82) is 0 Å². The lowest BCUT2D eigenvalue weighted by molar-refractivity contribution is 0.0973. The van der Waals surface area contributed by atoms with Crippen molar-refractivity contribution in [3.8, 4) is 0 Å². The Morgan fingerprint density at radius 2 is 1.76 bits per heavy atom. The number of benzene rings is 1. The minimum absolute atomic E-state index is 0.0342. The molecule has 0 fully saturated rings. The fraction of sp³-hybridized carbons (Fsp3) is 0.231. The Morgan fingerprint density at radius 1 is 1.12 bits per heavy atom. The Labute approximate surface area is 108 Å². The zero-order valence-corrected chi connectivity index (χ0v) is 10.5. The summed E-state index contributed by atoms with van der Waals surface area (Å²) in [7, 11) is 0. The number of allylic oxidation sites excluding steroid dienone is 1. The van der Waals surface area contributed by atoms with Gasteiger partial charge in [0, 0.05) is 33.8 Å². The van der Waals surface area contributed by atoms with Gasteiger partial charge >= 0.3 is 0 Å². The number of alkyl halides is 1. The van der Waals surface area contributed by atoms with Crippen molar-refractivity contribution in [2.75, 3.05) is 11.5 Å². The van der Waals surface area contributed by atoms with Gasteiger partial charge in [0.2, 0.25) is 0 Å². The molecule has 1 unspecified atom stereocenters. The lowest BCUT2D eigenvalue weighted by Gasteiger charge is -2.27. The fourth-order valence-electron chi connectivity index (χ4n) is 2.27.